The summed E-state index contributed by atoms with van der Waals surface area (Å²) in [5.74, 6) is 0.869. The van der Waals surface area contributed by atoms with Gasteiger partial charge in [-0.25, -0.2) is 9.97 Å². The van der Waals surface area contributed by atoms with Crippen LogP contribution >= 0.6 is 0 Å². The molecule has 2 aromatic heterocycles. The van der Waals surface area contributed by atoms with Crippen molar-refractivity contribution in [1.82, 2.24) is 25.2 Å². The lowest BCUT2D eigenvalue weighted by Gasteiger charge is -2.45. The highest BCUT2D eigenvalue weighted by Gasteiger charge is 2.31. The molecular formula is C25H30N8. The van der Waals surface area contributed by atoms with Crippen molar-refractivity contribution >= 4 is 22.3 Å². The topological polar surface area (TPSA) is 84.2 Å². The van der Waals surface area contributed by atoms with Gasteiger partial charge in [0, 0.05) is 68.6 Å². The van der Waals surface area contributed by atoms with Gasteiger partial charge in [-0.15, -0.1) is 0 Å². The fourth-order valence-electron chi connectivity index (χ4n) is 5.07. The van der Waals surface area contributed by atoms with Crippen LogP contribution in [0.1, 0.15) is 25.2 Å². The van der Waals surface area contributed by atoms with E-state index >= 15 is 0 Å². The van der Waals surface area contributed by atoms with Crippen molar-refractivity contribution in [1.29, 1.82) is 5.26 Å². The van der Waals surface area contributed by atoms with Gasteiger partial charge >= 0.3 is 0 Å². The third-order valence-electron chi connectivity index (χ3n) is 6.81. The molecule has 1 aromatic carbocycles. The number of aromatic nitrogens is 3. The molecule has 0 saturated carbocycles. The predicted octanol–water partition coefficient (Wildman–Crippen LogP) is 2.41. The summed E-state index contributed by atoms with van der Waals surface area (Å²) in [5.41, 5.74) is 3.65. The summed E-state index contributed by atoms with van der Waals surface area (Å²) in [5, 5.41) is 13.9. The van der Waals surface area contributed by atoms with Crippen LogP contribution in [0.25, 0.3) is 10.9 Å². The summed E-state index contributed by atoms with van der Waals surface area (Å²) in [6, 6.07) is 10.9. The number of piperazine rings is 2. The zero-order chi connectivity index (χ0) is 22.8. The first-order valence-corrected chi connectivity index (χ1v) is 11.7. The SMILES string of the molecule is C[C@@H]1CN(c2ccc(C#N)c3ncccc23)C[C@H](C)N1Cc1ncc(N2CCNCC2)cn1. The maximum Gasteiger partial charge on any atom is 0.142 e. The second-order valence-electron chi connectivity index (χ2n) is 9.01. The van der Waals surface area contributed by atoms with E-state index in [4.69, 9.17) is 0 Å². The first-order valence-electron chi connectivity index (χ1n) is 11.7. The predicted molar refractivity (Wildman–Crippen MR) is 130 cm³/mol. The molecule has 0 bridgehead atoms. The Morgan fingerprint density at radius 2 is 1.73 bits per heavy atom. The molecule has 2 aliphatic rings. The molecule has 8 nitrogen and oxygen atoms in total. The number of nitrogens with one attached hydrogen (secondary N) is 1. The van der Waals surface area contributed by atoms with Crippen molar-refractivity contribution < 1.29 is 0 Å². The lowest BCUT2D eigenvalue weighted by molar-refractivity contribution is 0.120. The molecule has 2 fully saturated rings. The zero-order valence-electron chi connectivity index (χ0n) is 19.3. The number of rotatable bonds is 4. The summed E-state index contributed by atoms with van der Waals surface area (Å²) in [6.07, 6.45) is 5.69. The maximum absolute atomic E-state index is 9.46. The molecule has 2 atom stereocenters. The van der Waals surface area contributed by atoms with Gasteiger partial charge in [0.05, 0.1) is 35.7 Å². The second-order valence-corrected chi connectivity index (χ2v) is 9.01. The molecule has 0 spiro atoms. The summed E-state index contributed by atoms with van der Waals surface area (Å²) in [6.45, 7) is 11.1. The number of hydrogen-bond acceptors (Lipinski definition) is 8. The van der Waals surface area contributed by atoms with E-state index in [0.29, 0.717) is 17.6 Å². The van der Waals surface area contributed by atoms with Crippen LogP contribution < -0.4 is 15.1 Å². The Kier molecular flexibility index (Phi) is 6.07. The summed E-state index contributed by atoms with van der Waals surface area (Å²) in [4.78, 5) is 21.1. The van der Waals surface area contributed by atoms with Gasteiger partial charge in [0.25, 0.3) is 0 Å². The van der Waals surface area contributed by atoms with Gasteiger partial charge < -0.3 is 15.1 Å². The van der Waals surface area contributed by atoms with Crippen LogP contribution in [0.2, 0.25) is 0 Å². The molecule has 0 radical (unpaired) electrons. The van der Waals surface area contributed by atoms with Crippen LogP contribution in [0.4, 0.5) is 11.4 Å². The number of nitriles is 1. The van der Waals surface area contributed by atoms with E-state index in [0.717, 1.165) is 73.9 Å². The normalized spacial score (nSPS) is 21.8. The van der Waals surface area contributed by atoms with E-state index in [1.807, 2.05) is 24.5 Å². The monoisotopic (exact) mass is 442 g/mol. The smallest absolute Gasteiger partial charge is 0.142 e. The van der Waals surface area contributed by atoms with Crippen LogP contribution in [0, 0.1) is 11.3 Å². The molecule has 33 heavy (non-hydrogen) atoms. The van der Waals surface area contributed by atoms with E-state index in [2.05, 4.69) is 67.0 Å². The molecule has 3 aromatic rings. The lowest BCUT2D eigenvalue weighted by atomic mass is 10.0. The van der Waals surface area contributed by atoms with Crippen molar-refractivity contribution in [2.45, 2.75) is 32.5 Å². The Hall–Kier alpha value is -3.28. The fraction of sp³-hybridized carbons (Fsp3) is 0.440. The zero-order valence-corrected chi connectivity index (χ0v) is 19.3. The highest BCUT2D eigenvalue weighted by atomic mass is 15.3. The Morgan fingerprint density at radius 3 is 2.42 bits per heavy atom. The van der Waals surface area contributed by atoms with Crippen LogP contribution in [-0.2, 0) is 6.54 Å². The molecule has 4 heterocycles. The van der Waals surface area contributed by atoms with Crippen molar-refractivity contribution in [3.05, 3.63) is 54.2 Å². The average Bonchev–Trinajstić information content (AvgIpc) is 2.86. The molecule has 2 saturated heterocycles. The summed E-state index contributed by atoms with van der Waals surface area (Å²) in [7, 11) is 0. The van der Waals surface area contributed by atoms with Gasteiger partial charge in [-0.3, -0.25) is 9.88 Å². The summed E-state index contributed by atoms with van der Waals surface area (Å²) < 4.78 is 0. The molecule has 0 amide bonds. The Bertz CT molecular complexity index is 1140. The maximum atomic E-state index is 9.46. The lowest BCUT2D eigenvalue weighted by Crippen LogP contribution is -2.56. The number of anilines is 2. The third-order valence-corrected chi connectivity index (χ3v) is 6.81. The number of benzene rings is 1. The minimum Gasteiger partial charge on any atom is -0.368 e. The molecule has 0 unspecified atom stereocenters. The average molecular weight is 443 g/mol. The molecule has 5 rings (SSSR count). The van der Waals surface area contributed by atoms with Crippen LogP contribution in [0.3, 0.4) is 0 Å². The van der Waals surface area contributed by atoms with Gasteiger partial charge in [-0.05, 0) is 38.1 Å². The van der Waals surface area contributed by atoms with E-state index < -0.39 is 0 Å². The van der Waals surface area contributed by atoms with E-state index in [1.165, 1.54) is 0 Å². The van der Waals surface area contributed by atoms with Crippen molar-refractivity contribution in [2.24, 2.45) is 0 Å². The van der Waals surface area contributed by atoms with Gasteiger partial charge in [0.1, 0.15) is 11.9 Å². The van der Waals surface area contributed by atoms with Gasteiger partial charge in [0.15, 0.2) is 0 Å². The molecule has 0 aliphatic carbocycles. The number of hydrogen-bond donors (Lipinski definition) is 1. The van der Waals surface area contributed by atoms with Gasteiger partial charge in [-0.1, -0.05) is 0 Å². The first kappa shape index (κ1) is 21.6. The molecule has 1 N–H and O–H groups in total. The van der Waals surface area contributed by atoms with Crippen LogP contribution in [0.15, 0.2) is 42.9 Å². The molecule has 170 valence electrons. The Morgan fingerprint density at radius 1 is 1.00 bits per heavy atom. The van der Waals surface area contributed by atoms with Gasteiger partial charge in [-0.2, -0.15) is 5.26 Å². The highest BCUT2D eigenvalue weighted by molar-refractivity contribution is 5.95. The number of pyridine rings is 1. The second kappa shape index (κ2) is 9.30. The third kappa shape index (κ3) is 4.34. The molecule has 2 aliphatic heterocycles. The van der Waals surface area contributed by atoms with Crippen molar-refractivity contribution in [3.63, 3.8) is 0 Å². The largest absolute Gasteiger partial charge is 0.368 e. The Labute approximate surface area is 194 Å². The molecule has 8 heteroatoms. The van der Waals surface area contributed by atoms with E-state index in [-0.39, 0.29) is 0 Å². The Balaban J connectivity index is 1.30. The van der Waals surface area contributed by atoms with Crippen LogP contribution in [0.5, 0.6) is 0 Å². The quantitative estimate of drug-likeness (QED) is 0.660. The first-order chi connectivity index (χ1) is 16.1. The highest BCUT2D eigenvalue weighted by Crippen LogP contribution is 2.31. The summed E-state index contributed by atoms with van der Waals surface area (Å²) >= 11 is 0. The fourth-order valence-corrected chi connectivity index (χ4v) is 5.07. The number of nitrogens with zero attached hydrogens (tertiary/aromatic N) is 7. The van der Waals surface area contributed by atoms with Crippen molar-refractivity contribution in [3.8, 4) is 6.07 Å². The minimum atomic E-state index is 0.340. The van der Waals surface area contributed by atoms with Crippen LogP contribution in [-0.4, -0.2) is 71.2 Å². The van der Waals surface area contributed by atoms with Gasteiger partial charge in [0.2, 0.25) is 0 Å². The van der Waals surface area contributed by atoms with E-state index in [9.17, 15) is 5.26 Å². The minimum absolute atomic E-state index is 0.340. The number of fused-ring (bicyclic) bond motifs is 1. The van der Waals surface area contributed by atoms with Crippen molar-refractivity contribution in [2.75, 3.05) is 49.1 Å². The standard InChI is InChI=1S/C25H30N8/c1-18-15-32(23-6-5-20(12-26)25-22(23)4-3-7-28-25)16-19(2)33(18)17-24-29-13-21(14-30-24)31-10-8-27-9-11-31/h3-7,13-14,18-19,27H,8-11,15-17H2,1-2H3/t18-,19+. The van der Waals surface area contributed by atoms with E-state index in [1.54, 1.807) is 6.20 Å². The molecular weight excluding hydrogens is 412 g/mol.